The fourth-order valence-corrected chi connectivity index (χ4v) is 4.53. The van der Waals surface area contributed by atoms with Gasteiger partial charge in [-0.25, -0.2) is 26.4 Å². The highest BCUT2D eigenvalue weighted by atomic mass is 32.2. The van der Waals surface area contributed by atoms with Crippen LogP contribution in [0, 0.1) is 17.5 Å². The minimum atomic E-state index is -4.85. The number of hydrogen-bond donors (Lipinski definition) is 2. The van der Waals surface area contributed by atoms with Gasteiger partial charge < -0.3 is 9.84 Å². The second-order valence-electron chi connectivity index (χ2n) is 5.35. The summed E-state index contributed by atoms with van der Waals surface area (Å²) in [4.78, 5) is 9.93. The topological polar surface area (TPSA) is 92.7 Å². The number of carbonyl (C=O) groups is 1. The van der Waals surface area contributed by atoms with Crippen LogP contribution < -0.4 is 9.46 Å². The van der Waals surface area contributed by atoms with E-state index in [0.29, 0.717) is 10.4 Å². The Labute approximate surface area is 160 Å². The molecule has 6 nitrogen and oxygen atoms in total. The van der Waals surface area contributed by atoms with Crippen LogP contribution in [0.25, 0.3) is 10.4 Å². The van der Waals surface area contributed by atoms with E-state index in [-0.39, 0.29) is 22.9 Å². The van der Waals surface area contributed by atoms with Gasteiger partial charge in [-0.1, -0.05) is 41.7 Å². The lowest BCUT2D eigenvalue weighted by atomic mass is 10.2. The van der Waals surface area contributed by atoms with E-state index in [2.05, 4.69) is 4.74 Å². The highest BCUT2D eigenvalue weighted by Gasteiger charge is 2.28. The molecule has 1 heterocycles. The minimum Gasteiger partial charge on any atom is -0.449 e. The van der Waals surface area contributed by atoms with Crippen LogP contribution in [0.4, 0.5) is 23.7 Å². The molecule has 0 spiro atoms. The van der Waals surface area contributed by atoms with Gasteiger partial charge in [0.05, 0.1) is 0 Å². The molecule has 1 aromatic heterocycles. The van der Waals surface area contributed by atoms with Gasteiger partial charge in [-0.15, -0.1) is 0 Å². The first-order chi connectivity index (χ1) is 13.2. The zero-order valence-corrected chi connectivity index (χ0v) is 15.3. The second-order valence-corrected chi connectivity index (χ2v) is 7.98. The monoisotopic (exact) mass is 429 g/mol. The molecule has 0 aliphatic rings. The molecular weight excluding hydrogens is 419 g/mol. The Morgan fingerprint density at radius 1 is 1.04 bits per heavy atom. The summed E-state index contributed by atoms with van der Waals surface area (Å²) in [6.07, 6.45) is -1.71. The predicted molar refractivity (Wildman–Crippen MR) is 95.5 cm³/mol. The van der Waals surface area contributed by atoms with Gasteiger partial charge in [-0.3, -0.25) is 4.72 Å². The van der Waals surface area contributed by atoms with Crippen LogP contribution in [0.1, 0.15) is 0 Å². The van der Waals surface area contributed by atoms with Gasteiger partial charge in [-0.05, 0) is 11.6 Å². The van der Waals surface area contributed by atoms with E-state index in [0.717, 1.165) is 11.3 Å². The molecule has 0 unspecified atom stereocenters. The Bertz CT molecular complexity index is 1120. The third kappa shape index (κ3) is 4.10. The van der Waals surface area contributed by atoms with Crippen molar-refractivity contribution in [3.05, 3.63) is 66.0 Å². The summed E-state index contributed by atoms with van der Waals surface area (Å²) < 4.78 is 72.1. The summed E-state index contributed by atoms with van der Waals surface area (Å²) >= 11 is 0.810. The van der Waals surface area contributed by atoms with Gasteiger partial charge in [-0.2, -0.15) is 0 Å². The third-order valence-corrected chi connectivity index (χ3v) is 5.89. The van der Waals surface area contributed by atoms with Crippen LogP contribution in [0.2, 0.25) is 0 Å². The molecule has 2 N–H and O–H groups in total. The molecule has 28 heavy (non-hydrogen) atoms. The molecule has 146 valence electrons. The number of hydrogen-bond acceptors (Lipinski definition) is 5. The van der Waals surface area contributed by atoms with Crippen molar-refractivity contribution in [2.45, 2.75) is 4.90 Å². The van der Waals surface area contributed by atoms with E-state index < -0.39 is 38.5 Å². The molecule has 0 atom stereocenters. The van der Waals surface area contributed by atoms with Crippen molar-refractivity contribution in [1.29, 1.82) is 0 Å². The minimum absolute atomic E-state index is 0.218. The Morgan fingerprint density at radius 3 is 2.21 bits per heavy atom. The van der Waals surface area contributed by atoms with Crippen LogP contribution in [-0.4, -0.2) is 19.7 Å². The molecular formula is C17H10F3NO5S2. The van der Waals surface area contributed by atoms with Crippen molar-refractivity contribution in [2.75, 3.05) is 4.72 Å². The maximum atomic E-state index is 13.9. The second kappa shape index (κ2) is 7.52. The molecule has 2 aromatic carbocycles. The Morgan fingerprint density at radius 2 is 1.64 bits per heavy atom. The van der Waals surface area contributed by atoms with Gasteiger partial charge in [0.15, 0.2) is 4.90 Å². The summed E-state index contributed by atoms with van der Waals surface area (Å²) in [6.45, 7) is 0. The van der Waals surface area contributed by atoms with Crippen LogP contribution >= 0.6 is 11.3 Å². The molecule has 0 bridgehead atoms. The molecule has 0 saturated carbocycles. The van der Waals surface area contributed by atoms with E-state index in [9.17, 15) is 26.4 Å². The summed E-state index contributed by atoms with van der Waals surface area (Å²) in [5.74, 6) is -4.56. The maximum absolute atomic E-state index is 13.9. The van der Waals surface area contributed by atoms with E-state index in [4.69, 9.17) is 5.11 Å². The fraction of sp³-hybridized carbons (Fsp3) is 0. The Balaban J connectivity index is 2.06. The van der Waals surface area contributed by atoms with Crippen molar-refractivity contribution in [1.82, 2.24) is 0 Å². The van der Waals surface area contributed by atoms with Crippen LogP contribution in [0.5, 0.6) is 5.06 Å². The van der Waals surface area contributed by atoms with Crippen molar-refractivity contribution in [3.8, 4) is 15.5 Å². The third-order valence-electron chi connectivity index (χ3n) is 3.41. The van der Waals surface area contributed by atoms with E-state index in [1.807, 2.05) is 4.72 Å². The van der Waals surface area contributed by atoms with Gasteiger partial charge in [0, 0.05) is 17.0 Å². The molecule has 0 saturated heterocycles. The summed E-state index contributed by atoms with van der Waals surface area (Å²) in [6, 6.07) is 10.2. The zero-order chi connectivity index (χ0) is 20.5. The first-order valence-corrected chi connectivity index (χ1v) is 9.75. The van der Waals surface area contributed by atoms with Gasteiger partial charge in [0.1, 0.15) is 23.1 Å². The molecule has 0 aliphatic carbocycles. The Hall–Kier alpha value is -3.05. The first kappa shape index (κ1) is 19.7. The fourth-order valence-electron chi connectivity index (χ4n) is 2.33. The zero-order valence-electron chi connectivity index (χ0n) is 13.6. The lowest BCUT2D eigenvalue weighted by Crippen LogP contribution is -2.17. The number of benzene rings is 2. The molecule has 0 fully saturated rings. The number of halogens is 3. The van der Waals surface area contributed by atoms with Crippen molar-refractivity contribution < 1.29 is 36.2 Å². The number of carboxylic acid groups (broad SMARTS) is 1. The molecule has 0 radical (unpaired) electrons. The van der Waals surface area contributed by atoms with Crippen molar-refractivity contribution in [3.63, 3.8) is 0 Å². The van der Waals surface area contributed by atoms with Gasteiger partial charge >= 0.3 is 6.16 Å². The quantitative estimate of drug-likeness (QED) is 0.574. The average Bonchev–Trinajstić information content (AvgIpc) is 2.95. The number of nitrogens with one attached hydrogen (secondary N) is 1. The van der Waals surface area contributed by atoms with Gasteiger partial charge in [0.25, 0.3) is 10.0 Å². The standard InChI is InChI=1S/C17H10F3NO5S2/c18-10-6-11(19)15(12(20)7-10)28(24,25)21-13-8-14(9-4-2-1-3-5-9)27-16(13)26-17(22)23/h1-8,21H,(H,22,23). The molecule has 3 aromatic rings. The molecule has 11 heteroatoms. The smallest absolute Gasteiger partial charge is 0.449 e. The van der Waals surface area contributed by atoms with E-state index in [1.165, 1.54) is 6.07 Å². The summed E-state index contributed by atoms with van der Waals surface area (Å²) in [5.41, 5.74) is 0.293. The molecule has 0 aliphatic heterocycles. The largest absolute Gasteiger partial charge is 0.512 e. The lowest BCUT2D eigenvalue weighted by Gasteiger charge is -2.09. The molecule has 3 rings (SSSR count). The summed E-state index contributed by atoms with van der Waals surface area (Å²) in [5, 5.41) is 8.50. The maximum Gasteiger partial charge on any atom is 0.512 e. The van der Waals surface area contributed by atoms with Crippen LogP contribution in [0.3, 0.4) is 0 Å². The Kier molecular flexibility index (Phi) is 5.29. The normalized spacial score (nSPS) is 11.2. The van der Waals surface area contributed by atoms with Gasteiger partial charge in [0.2, 0.25) is 5.06 Å². The number of anilines is 1. The van der Waals surface area contributed by atoms with E-state index >= 15 is 0 Å². The van der Waals surface area contributed by atoms with E-state index in [1.54, 1.807) is 30.3 Å². The number of ether oxygens (including phenoxy) is 1. The predicted octanol–water partition coefficient (Wildman–Crippen LogP) is 4.69. The highest BCUT2D eigenvalue weighted by molar-refractivity contribution is 7.92. The van der Waals surface area contributed by atoms with Crippen molar-refractivity contribution in [2.24, 2.45) is 0 Å². The lowest BCUT2D eigenvalue weighted by molar-refractivity contribution is 0.146. The average molecular weight is 429 g/mol. The SMILES string of the molecule is O=C(O)Oc1sc(-c2ccccc2)cc1NS(=O)(=O)c1c(F)cc(F)cc1F. The first-order valence-electron chi connectivity index (χ1n) is 7.45. The van der Waals surface area contributed by atoms with Crippen LogP contribution in [-0.2, 0) is 10.0 Å². The number of rotatable bonds is 5. The number of thiophene rings is 1. The summed E-state index contributed by atoms with van der Waals surface area (Å²) in [7, 11) is -4.85. The molecule has 0 amide bonds. The van der Waals surface area contributed by atoms with Crippen molar-refractivity contribution >= 4 is 33.2 Å². The highest BCUT2D eigenvalue weighted by Crippen LogP contribution is 2.42. The number of sulfonamides is 1. The van der Waals surface area contributed by atoms with Crippen LogP contribution in [0.15, 0.2) is 53.4 Å².